The maximum atomic E-state index is 12.9. The first kappa shape index (κ1) is 16.3. The lowest BCUT2D eigenvalue weighted by Crippen LogP contribution is -2.52. The van der Waals surface area contributed by atoms with Crippen LogP contribution in [-0.4, -0.2) is 35.3 Å². The van der Waals surface area contributed by atoms with Gasteiger partial charge in [-0.05, 0) is 30.6 Å². The minimum atomic E-state index is -0.329. The molecule has 4 atom stereocenters. The number of carbonyl (C=O) groups is 2. The minimum Gasteiger partial charge on any atom is -0.344 e. The molecule has 1 saturated carbocycles. The van der Waals surface area contributed by atoms with Gasteiger partial charge in [-0.1, -0.05) is 40.5 Å². The number of hydrogen-bond donors (Lipinski definition) is 1. The average Bonchev–Trinajstić information content (AvgIpc) is 2.53. The van der Waals surface area contributed by atoms with Crippen LogP contribution in [0.25, 0.3) is 0 Å². The zero-order valence-electron chi connectivity index (χ0n) is 13.9. The third-order valence-corrected chi connectivity index (χ3v) is 5.27. The summed E-state index contributed by atoms with van der Waals surface area (Å²) in [7, 11) is 0. The molecule has 1 heterocycles. The fourth-order valence-corrected chi connectivity index (χ4v) is 3.81. The van der Waals surface area contributed by atoms with Gasteiger partial charge in [0.1, 0.15) is 6.04 Å². The van der Waals surface area contributed by atoms with Crippen LogP contribution in [0, 0.1) is 17.8 Å². The minimum absolute atomic E-state index is 0.0213. The summed E-state index contributed by atoms with van der Waals surface area (Å²) < 4.78 is 0. The molecule has 2 aliphatic rings. The maximum absolute atomic E-state index is 12.9. The first-order valence-electron chi connectivity index (χ1n) is 8.50. The van der Waals surface area contributed by atoms with Crippen molar-refractivity contribution >= 4 is 11.8 Å². The third-order valence-electron chi connectivity index (χ3n) is 5.27. The van der Waals surface area contributed by atoms with Gasteiger partial charge < -0.3 is 10.2 Å². The number of nitrogens with one attached hydrogen (secondary N) is 1. The monoisotopic (exact) mass is 294 g/mol. The molecule has 2 fully saturated rings. The Morgan fingerprint density at radius 2 is 1.95 bits per heavy atom. The van der Waals surface area contributed by atoms with Crippen LogP contribution in [0.5, 0.6) is 0 Å². The molecule has 1 aliphatic carbocycles. The molecule has 4 unspecified atom stereocenters. The number of carbonyl (C=O) groups excluding carboxylic acids is 2. The van der Waals surface area contributed by atoms with Gasteiger partial charge in [0, 0.05) is 19.0 Å². The van der Waals surface area contributed by atoms with E-state index in [1.165, 1.54) is 12.8 Å². The van der Waals surface area contributed by atoms with Gasteiger partial charge in [0.2, 0.25) is 11.8 Å². The number of amides is 2. The molecule has 0 bridgehead atoms. The van der Waals surface area contributed by atoms with Crippen molar-refractivity contribution in [3.8, 4) is 0 Å². The molecule has 2 amide bonds. The zero-order chi connectivity index (χ0) is 15.6. The first-order chi connectivity index (χ1) is 9.90. The highest BCUT2D eigenvalue weighted by Gasteiger charge is 2.38. The Kier molecular flexibility index (Phi) is 5.28. The summed E-state index contributed by atoms with van der Waals surface area (Å²) in [6.07, 6.45) is 4.71. The predicted octanol–water partition coefficient (Wildman–Crippen LogP) is 2.57. The highest BCUT2D eigenvalue weighted by Crippen LogP contribution is 2.33. The van der Waals surface area contributed by atoms with Crippen LogP contribution < -0.4 is 5.32 Å². The Bertz CT molecular complexity index is 394. The van der Waals surface area contributed by atoms with E-state index in [0.29, 0.717) is 36.8 Å². The van der Waals surface area contributed by atoms with E-state index in [-0.39, 0.29) is 17.9 Å². The van der Waals surface area contributed by atoms with Gasteiger partial charge in [0.05, 0.1) is 0 Å². The molecule has 1 N–H and O–H groups in total. The van der Waals surface area contributed by atoms with Crippen molar-refractivity contribution in [2.24, 2.45) is 17.8 Å². The molecule has 4 heteroatoms. The lowest BCUT2D eigenvalue weighted by atomic mass is 9.77. The molecule has 2 rings (SSSR count). The van der Waals surface area contributed by atoms with Crippen molar-refractivity contribution < 1.29 is 9.59 Å². The van der Waals surface area contributed by atoms with Gasteiger partial charge in [-0.2, -0.15) is 0 Å². The largest absolute Gasteiger partial charge is 0.344 e. The summed E-state index contributed by atoms with van der Waals surface area (Å²) in [5, 5.41) is 2.92. The standard InChI is InChI=1S/C17H30N2O2/c1-11(2)10-14-17(21)19(9-8-16(20)18-14)15-7-5-6-12(3)13(15)4/h11-15H,5-10H2,1-4H3,(H,18,20). The predicted molar refractivity (Wildman–Crippen MR) is 83.7 cm³/mol. The Hall–Kier alpha value is -1.06. The van der Waals surface area contributed by atoms with Crippen LogP contribution in [0.3, 0.4) is 0 Å². The van der Waals surface area contributed by atoms with Crippen LogP contribution in [0.15, 0.2) is 0 Å². The Balaban J connectivity index is 2.16. The van der Waals surface area contributed by atoms with Gasteiger partial charge in [0.25, 0.3) is 0 Å². The molecule has 0 spiro atoms. The van der Waals surface area contributed by atoms with Gasteiger partial charge in [-0.15, -0.1) is 0 Å². The smallest absolute Gasteiger partial charge is 0.245 e. The van der Waals surface area contributed by atoms with E-state index in [9.17, 15) is 9.59 Å². The van der Waals surface area contributed by atoms with Crippen LogP contribution >= 0.6 is 0 Å². The van der Waals surface area contributed by atoms with Gasteiger partial charge in [0.15, 0.2) is 0 Å². The van der Waals surface area contributed by atoms with E-state index >= 15 is 0 Å². The second-order valence-corrected chi connectivity index (χ2v) is 7.37. The molecule has 1 saturated heterocycles. The van der Waals surface area contributed by atoms with E-state index in [2.05, 4.69) is 33.0 Å². The van der Waals surface area contributed by atoms with Crippen LogP contribution in [0.1, 0.15) is 59.8 Å². The topological polar surface area (TPSA) is 49.4 Å². The highest BCUT2D eigenvalue weighted by molar-refractivity contribution is 5.90. The van der Waals surface area contributed by atoms with Crippen LogP contribution in [0.4, 0.5) is 0 Å². The summed E-state index contributed by atoms with van der Waals surface area (Å²) in [6, 6.07) is -0.0203. The van der Waals surface area contributed by atoms with Crippen LogP contribution in [0.2, 0.25) is 0 Å². The van der Waals surface area contributed by atoms with E-state index < -0.39 is 0 Å². The van der Waals surface area contributed by atoms with Crippen molar-refractivity contribution in [3.05, 3.63) is 0 Å². The molecule has 1 aliphatic heterocycles. The molecular formula is C17H30N2O2. The van der Waals surface area contributed by atoms with Crippen molar-refractivity contribution in [2.75, 3.05) is 6.54 Å². The van der Waals surface area contributed by atoms with Gasteiger partial charge in [-0.25, -0.2) is 0 Å². The third kappa shape index (κ3) is 3.78. The molecule has 21 heavy (non-hydrogen) atoms. The summed E-state index contributed by atoms with van der Waals surface area (Å²) in [5.74, 6) is 1.75. The second-order valence-electron chi connectivity index (χ2n) is 7.37. The fourth-order valence-electron chi connectivity index (χ4n) is 3.81. The second kappa shape index (κ2) is 6.80. The lowest BCUT2D eigenvalue weighted by Gasteiger charge is -2.42. The number of hydrogen-bond acceptors (Lipinski definition) is 2. The van der Waals surface area contributed by atoms with E-state index in [1.807, 2.05) is 4.90 Å². The van der Waals surface area contributed by atoms with E-state index in [1.54, 1.807) is 0 Å². The van der Waals surface area contributed by atoms with E-state index in [4.69, 9.17) is 0 Å². The Labute approximate surface area is 128 Å². The summed E-state index contributed by atoms with van der Waals surface area (Å²) in [6.45, 7) is 9.33. The maximum Gasteiger partial charge on any atom is 0.245 e. The van der Waals surface area contributed by atoms with Crippen LogP contribution in [-0.2, 0) is 9.59 Å². The molecule has 0 aromatic carbocycles. The first-order valence-corrected chi connectivity index (χ1v) is 8.50. The Morgan fingerprint density at radius 3 is 2.62 bits per heavy atom. The number of rotatable bonds is 3. The van der Waals surface area contributed by atoms with Gasteiger partial charge in [-0.3, -0.25) is 9.59 Å². The number of nitrogens with zero attached hydrogens (tertiary/aromatic N) is 1. The van der Waals surface area contributed by atoms with Crippen molar-refractivity contribution in [3.63, 3.8) is 0 Å². The lowest BCUT2D eigenvalue weighted by molar-refractivity contribution is -0.138. The molecule has 0 aromatic heterocycles. The summed E-state index contributed by atoms with van der Waals surface area (Å²) >= 11 is 0. The molecule has 0 aromatic rings. The SMILES string of the molecule is CC(C)CC1NC(=O)CCN(C2CCCC(C)C2C)C1=O. The van der Waals surface area contributed by atoms with Crippen molar-refractivity contribution in [1.29, 1.82) is 0 Å². The van der Waals surface area contributed by atoms with Crippen molar-refractivity contribution in [1.82, 2.24) is 10.2 Å². The van der Waals surface area contributed by atoms with Gasteiger partial charge >= 0.3 is 0 Å². The fraction of sp³-hybridized carbons (Fsp3) is 0.882. The molecule has 4 nitrogen and oxygen atoms in total. The normalized spacial score (nSPS) is 34.8. The average molecular weight is 294 g/mol. The zero-order valence-corrected chi connectivity index (χ0v) is 13.9. The molecule has 120 valence electrons. The van der Waals surface area contributed by atoms with E-state index in [0.717, 1.165) is 12.8 Å². The summed E-state index contributed by atoms with van der Waals surface area (Å²) in [5.41, 5.74) is 0. The molecular weight excluding hydrogens is 264 g/mol. The summed E-state index contributed by atoms with van der Waals surface area (Å²) in [4.78, 5) is 26.8. The highest BCUT2D eigenvalue weighted by atomic mass is 16.2. The van der Waals surface area contributed by atoms with Crippen molar-refractivity contribution in [2.45, 2.75) is 71.9 Å². The Morgan fingerprint density at radius 1 is 1.24 bits per heavy atom. The quantitative estimate of drug-likeness (QED) is 0.869. The molecule has 0 radical (unpaired) electrons.